The second kappa shape index (κ2) is 2.81. The number of ketones is 2. The van der Waals surface area contributed by atoms with Crippen LogP contribution >= 0.6 is 0 Å². The Bertz CT molecular complexity index is 369. The van der Waals surface area contributed by atoms with E-state index in [0.29, 0.717) is 30.3 Å². The molecule has 3 aliphatic rings. The number of allylic oxidation sites excluding steroid dienone is 1. The zero-order chi connectivity index (χ0) is 10.6. The van der Waals surface area contributed by atoms with Gasteiger partial charge in [-0.25, -0.2) is 0 Å². The third-order valence-corrected chi connectivity index (χ3v) is 4.76. The van der Waals surface area contributed by atoms with E-state index < -0.39 is 0 Å². The standard InChI is InChI=1S/C13H16O2/c1-8-6-13-3-2-10(14)4-9(13)5-12(15)11(8)7-13/h9,11H,1-7H2/t9-,11-,13-/m1/s1. The molecule has 0 radical (unpaired) electrons. The van der Waals surface area contributed by atoms with E-state index in [0.717, 1.165) is 31.3 Å². The highest BCUT2D eigenvalue weighted by atomic mass is 16.1. The van der Waals surface area contributed by atoms with Crippen molar-refractivity contribution in [1.29, 1.82) is 0 Å². The van der Waals surface area contributed by atoms with Crippen LogP contribution < -0.4 is 0 Å². The Kier molecular flexibility index (Phi) is 1.74. The van der Waals surface area contributed by atoms with Crippen LogP contribution in [-0.4, -0.2) is 11.6 Å². The maximum atomic E-state index is 11.8. The van der Waals surface area contributed by atoms with Gasteiger partial charge in [0.15, 0.2) is 0 Å². The van der Waals surface area contributed by atoms with Crippen molar-refractivity contribution in [3.8, 4) is 0 Å². The molecule has 0 amide bonds. The molecule has 2 nitrogen and oxygen atoms in total. The van der Waals surface area contributed by atoms with Crippen molar-refractivity contribution in [3.63, 3.8) is 0 Å². The second-order valence-corrected chi connectivity index (χ2v) is 5.56. The molecule has 1 spiro atoms. The van der Waals surface area contributed by atoms with E-state index in [2.05, 4.69) is 6.58 Å². The Morgan fingerprint density at radius 3 is 2.87 bits per heavy atom. The molecule has 0 saturated heterocycles. The highest BCUT2D eigenvalue weighted by Crippen LogP contribution is 2.60. The number of Topliss-reactive ketones (excluding diaryl/α,β-unsaturated/α-hetero) is 2. The average molecular weight is 204 g/mol. The molecular weight excluding hydrogens is 188 g/mol. The van der Waals surface area contributed by atoms with Crippen LogP contribution in [0.5, 0.6) is 0 Å². The minimum Gasteiger partial charge on any atom is -0.300 e. The molecular formula is C13H16O2. The fourth-order valence-electron chi connectivity index (χ4n) is 3.90. The van der Waals surface area contributed by atoms with Gasteiger partial charge >= 0.3 is 0 Å². The Labute approximate surface area is 89.7 Å². The van der Waals surface area contributed by atoms with Gasteiger partial charge in [0, 0.05) is 25.2 Å². The number of carbonyl (C=O) groups is 2. The normalized spacial score (nSPS) is 44.4. The number of fused-ring (bicyclic) bond motifs is 1. The molecule has 0 aromatic carbocycles. The lowest BCUT2D eigenvalue weighted by molar-refractivity contribution is -0.132. The van der Waals surface area contributed by atoms with Crippen LogP contribution in [0.15, 0.2) is 12.2 Å². The molecule has 3 aliphatic carbocycles. The summed E-state index contributed by atoms with van der Waals surface area (Å²) in [6.45, 7) is 4.05. The lowest BCUT2D eigenvalue weighted by atomic mass is 9.60. The van der Waals surface area contributed by atoms with Crippen molar-refractivity contribution in [1.82, 2.24) is 0 Å². The van der Waals surface area contributed by atoms with Gasteiger partial charge in [0.25, 0.3) is 0 Å². The maximum Gasteiger partial charge on any atom is 0.140 e. The van der Waals surface area contributed by atoms with Crippen LogP contribution in [0.4, 0.5) is 0 Å². The van der Waals surface area contributed by atoms with Gasteiger partial charge in [-0.15, -0.1) is 0 Å². The summed E-state index contributed by atoms with van der Waals surface area (Å²) in [5, 5.41) is 0. The molecule has 3 saturated carbocycles. The summed E-state index contributed by atoms with van der Waals surface area (Å²) < 4.78 is 0. The number of hydrogen-bond acceptors (Lipinski definition) is 2. The molecule has 0 aromatic rings. The summed E-state index contributed by atoms with van der Waals surface area (Å²) in [5.41, 5.74) is 1.42. The lowest BCUT2D eigenvalue weighted by Crippen LogP contribution is -2.40. The number of hydrogen-bond donors (Lipinski definition) is 0. The minimum absolute atomic E-state index is 0.134. The quantitative estimate of drug-likeness (QED) is 0.567. The third-order valence-electron chi connectivity index (χ3n) is 4.76. The van der Waals surface area contributed by atoms with Gasteiger partial charge in [0.05, 0.1) is 0 Å². The average Bonchev–Trinajstić information content (AvgIpc) is 2.47. The van der Waals surface area contributed by atoms with Crippen LogP contribution in [0, 0.1) is 17.3 Å². The molecule has 0 unspecified atom stereocenters. The molecule has 80 valence electrons. The van der Waals surface area contributed by atoms with E-state index >= 15 is 0 Å². The van der Waals surface area contributed by atoms with E-state index in [4.69, 9.17) is 0 Å². The van der Waals surface area contributed by atoms with E-state index in [1.807, 2.05) is 0 Å². The summed E-state index contributed by atoms with van der Waals surface area (Å²) in [7, 11) is 0. The van der Waals surface area contributed by atoms with E-state index in [9.17, 15) is 9.59 Å². The van der Waals surface area contributed by atoms with Gasteiger partial charge in [0.2, 0.25) is 0 Å². The first-order chi connectivity index (χ1) is 7.11. The summed E-state index contributed by atoms with van der Waals surface area (Å²) in [5.74, 6) is 1.17. The van der Waals surface area contributed by atoms with Crippen molar-refractivity contribution < 1.29 is 9.59 Å². The lowest BCUT2D eigenvalue weighted by Gasteiger charge is -2.43. The molecule has 3 atom stereocenters. The highest BCUT2D eigenvalue weighted by molar-refractivity contribution is 5.88. The fraction of sp³-hybridized carbons (Fsp3) is 0.692. The van der Waals surface area contributed by atoms with E-state index in [-0.39, 0.29) is 11.3 Å². The molecule has 3 rings (SSSR count). The monoisotopic (exact) mass is 204 g/mol. The van der Waals surface area contributed by atoms with Gasteiger partial charge in [0.1, 0.15) is 11.6 Å². The Hall–Kier alpha value is -0.920. The second-order valence-electron chi connectivity index (χ2n) is 5.56. The maximum absolute atomic E-state index is 11.8. The Morgan fingerprint density at radius 1 is 1.27 bits per heavy atom. The van der Waals surface area contributed by atoms with Crippen molar-refractivity contribution in [3.05, 3.63) is 12.2 Å². The summed E-state index contributed by atoms with van der Waals surface area (Å²) in [6, 6.07) is 0. The first-order valence-corrected chi connectivity index (χ1v) is 5.83. The van der Waals surface area contributed by atoms with Gasteiger partial charge in [-0.1, -0.05) is 12.2 Å². The summed E-state index contributed by atoms with van der Waals surface area (Å²) >= 11 is 0. The van der Waals surface area contributed by atoms with Crippen molar-refractivity contribution in [2.24, 2.45) is 17.3 Å². The van der Waals surface area contributed by atoms with Gasteiger partial charge in [-0.3, -0.25) is 9.59 Å². The zero-order valence-corrected chi connectivity index (χ0v) is 8.92. The molecule has 3 fully saturated rings. The molecule has 2 heteroatoms. The smallest absolute Gasteiger partial charge is 0.140 e. The highest BCUT2D eigenvalue weighted by Gasteiger charge is 2.54. The van der Waals surface area contributed by atoms with Gasteiger partial charge < -0.3 is 0 Å². The fourth-order valence-corrected chi connectivity index (χ4v) is 3.90. The number of carbonyl (C=O) groups excluding carboxylic acids is 2. The SMILES string of the molecule is C=C1C[C@@]23CCC(=O)C[C@@H]2CC(=O)[C@@H]1C3. The van der Waals surface area contributed by atoms with E-state index in [1.165, 1.54) is 0 Å². The largest absolute Gasteiger partial charge is 0.300 e. The van der Waals surface area contributed by atoms with Gasteiger partial charge in [-0.05, 0) is 30.6 Å². The van der Waals surface area contributed by atoms with Crippen LogP contribution in [0.25, 0.3) is 0 Å². The van der Waals surface area contributed by atoms with E-state index in [1.54, 1.807) is 0 Å². The third kappa shape index (κ3) is 1.17. The van der Waals surface area contributed by atoms with Crippen molar-refractivity contribution in [2.45, 2.75) is 38.5 Å². The predicted molar refractivity (Wildman–Crippen MR) is 56.3 cm³/mol. The summed E-state index contributed by atoms with van der Waals surface area (Å²) in [4.78, 5) is 23.3. The number of rotatable bonds is 0. The molecule has 0 aliphatic heterocycles. The first kappa shape index (κ1) is 9.32. The summed E-state index contributed by atoms with van der Waals surface area (Å²) in [6.07, 6.45) is 5.00. The van der Waals surface area contributed by atoms with Crippen LogP contribution in [-0.2, 0) is 9.59 Å². The molecule has 15 heavy (non-hydrogen) atoms. The Morgan fingerprint density at radius 2 is 2.07 bits per heavy atom. The minimum atomic E-state index is 0.134. The van der Waals surface area contributed by atoms with Gasteiger partial charge in [-0.2, -0.15) is 0 Å². The predicted octanol–water partition coefficient (Wildman–Crippen LogP) is 2.28. The first-order valence-electron chi connectivity index (χ1n) is 5.83. The molecule has 0 aromatic heterocycles. The molecule has 2 bridgehead atoms. The molecule has 0 N–H and O–H groups in total. The zero-order valence-electron chi connectivity index (χ0n) is 8.92. The van der Waals surface area contributed by atoms with Crippen molar-refractivity contribution in [2.75, 3.05) is 0 Å². The molecule has 0 heterocycles. The Balaban J connectivity index is 1.97. The van der Waals surface area contributed by atoms with Crippen molar-refractivity contribution >= 4 is 11.6 Å². The van der Waals surface area contributed by atoms with Crippen LogP contribution in [0.3, 0.4) is 0 Å². The van der Waals surface area contributed by atoms with Crippen LogP contribution in [0.1, 0.15) is 38.5 Å². The topological polar surface area (TPSA) is 34.1 Å². The van der Waals surface area contributed by atoms with Crippen LogP contribution in [0.2, 0.25) is 0 Å².